The van der Waals surface area contributed by atoms with Crippen LogP contribution in [0.1, 0.15) is 18.9 Å². The molecule has 0 radical (unpaired) electrons. The van der Waals surface area contributed by atoms with Crippen molar-refractivity contribution in [3.63, 3.8) is 0 Å². The summed E-state index contributed by atoms with van der Waals surface area (Å²) in [6, 6.07) is 12.1. The quantitative estimate of drug-likeness (QED) is 0.765. The van der Waals surface area contributed by atoms with Crippen LogP contribution in [0.15, 0.2) is 42.5 Å². The molecular weight excluding hydrogens is 255 g/mol. The van der Waals surface area contributed by atoms with Crippen molar-refractivity contribution in [3.05, 3.63) is 48.3 Å². The molecule has 0 amide bonds. The predicted molar refractivity (Wildman–Crippen MR) is 75.1 cm³/mol. The van der Waals surface area contributed by atoms with Crippen LogP contribution in [0.25, 0.3) is 22.4 Å². The fourth-order valence-corrected chi connectivity index (χ4v) is 2.58. The van der Waals surface area contributed by atoms with Crippen LogP contribution in [0.4, 0.5) is 4.39 Å². The second-order valence-corrected chi connectivity index (χ2v) is 5.22. The van der Waals surface area contributed by atoms with E-state index in [2.05, 4.69) is 9.55 Å². The third-order valence-electron chi connectivity index (χ3n) is 3.69. The van der Waals surface area contributed by atoms with Crippen LogP contribution in [-0.2, 0) is 0 Å². The summed E-state index contributed by atoms with van der Waals surface area (Å²) in [6.07, 6.45) is 2.21. The summed E-state index contributed by atoms with van der Waals surface area (Å²) >= 11 is 0. The first-order valence-electron chi connectivity index (χ1n) is 6.69. The van der Waals surface area contributed by atoms with E-state index in [1.807, 2.05) is 12.1 Å². The van der Waals surface area contributed by atoms with E-state index in [4.69, 9.17) is 0 Å². The monoisotopic (exact) mass is 268 g/mol. The number of imidazole rings is 1. The Morgan fingerprint density at radius 3 is 2.55 bits per heavy atom. The first kappa shape index (κ1) is 11.5. The van der Waals surface area contributed by atoms with Crippen LogP contribution in [-0.4, -0.2) is 14.7 Å². The molecule has 3 nitrogen and oxygen atoms in total. The summed E-state index contributed by atoms with van der Waals surface area (Å²) in [4.78, 5) is 4.63. The zero-order chi connectivity index (χ0) is 13.7. The molecule has 1 saturated carbocycles. The number of phenolic OH excluding ortho intramolecular Hbond substituents is 1. The van der Waals surface area contributed by atoms with Crippen molar-refractivity contribution in [2.45, 2.75) is 18.9 Å². The molecule has 2 aromatic carbocycles. The van der Waals surface area contributed by atoms with E-state index in [0.29, 0.717) is 6.04 Å². The third kappa shape index (κ3) is 1.76. The molecule has 1 N–H and O–H groups in total. The molecule has 0 unspecified atom stereocenters. The van der Waals surface area contributed by atoms with Gasteiger partial charge in [-0.15, -0.1) is 0 Å². The Hall–Kier alpha value is -2.36. The van der Waals surface area contributed by atoms with Crippen LogP contribution < -0.4 is 0 Å². The average Bonchev–Trinajstić information content (AvgIpc) is 3.21. The minimum absolute atomic E-state index is 0.230. The van der Waals surface area contributed by atoms with Crippen LogP contribution in [0.3, 0.4) is 0 Å². The van der Waals surface area contributed by atoms with Gasteiger partial charge in [0.05, 0.1) is 11.0 Å². The van der Waals surface area contributed by atoms with E-state index in [9.17, 15) is 9.50 Å². The van der Waals surface area contributed by atoms with Crippen molar-refractivity contribution in [1.29, 1.82) is 0 Å². The van der Waals surface area contributed by atoms with Crippen LogP contribution in [0.2, 0.25) is 0 Å². The van der Waals surface area contributed by atoms with E-state index in [1.165, 1.54) is 6.07 Å². The highest BCUT2D eigenvalue weighted by Crippen LogP contribution is 2.41. The first-order chi connectivity index (χ1) is 9.72. The summed E-state index contributed by atoms with van der Waals surface area (Å²) < 4.78 is 15.6. The molecule has 4 heteroatoms. The standard InChI is InChI=1S/C16H13FN2O/c17-11-3-8-14-15(9-11)19(12-4-5-12)16(18-14)10-1-6-13(20)7-2-10/h1-3,6-9,12,20H,4-5H2. The fraction of sp³-hybridized carbons (Fsp3) is 0.188. The Morgan fingerprint density at radius 2 is 1.85 bits per heavy atom. The van der Waals surface area contributed by atoms with E-state index in [1.54, 1.807) is 24.3 Å². The van der Waals surface area contributed by atoms with Crippen LogP contribution >= 0.6 is 0 Å². The van der Waals surface area contributed by atoms with Gasteiger partial charge in [-0.25, -0.2) is 9.37 Å². The van der Waals surface area contributed by atoms with Gasteiger partial charge in [-0.2, -0.15) is 0 Å². The lowest BCUT2D eigenvalue weighted by Gasteiger charge is -2.07. The minimum Gasteiger partial charge on any atom is -0.508 e. The van der Waals surface area contributed by atoms with Gasteiger partial charge in [0.15, 0.2) is 0 Å². The van der Waals surface area contributed by atoms with E-state index < -0.39 is 0 Å². The Kier molecular flexibility index (Phi) is 2.33. The summed E-state index contributed by atoms with van der Waals surface area (Å²) in [5, 5.41) is 9.39. The second kappa shape index (κ2) is 4.07. The smallest absolute Gasteiger partial charge is 0.141 e. The zero-order valence-corrected chi connectivity index (χ0v) is 10.8. The molecule has 1 aliphatic rings. The molecule has 1 aliphatic carbocycles. The van der Waals surface area contributed by atoms with Crippen molar-refractivity contribution in [2.24, 2.45) is 0 Å². The first-order valence-corrected chi connectivity index (χ1v) is 6.69. The molecule has 0 spiro atoms. The molecule has 100 valence electrons. The highest BCUT2D eigenvalue weighted by atomic mass is 19.1. The van der Waals surface area contributed by atoms with Gasteiger partial charge in [-0.1, -0.05) is 0 Å². The molecule has 1 aromatic heterocycles. The molecule has 0 aliphatic heterocycles. The lowest BCUT2D eigenvalue weighted by molar-refractivity contribution is 0.475. The number of halogens is 1. The number of nitrogens with zero attached hydrogens (tertiary/aromatic N) is 2. The Morgan fingerprint density at radius 1 is 1.10 bits per heavy atom. The van der Waals surface area contributed by atoms with Crippen molar-refractivity contribution < 1.29 is 9.50 Å². The highest BCUT2D eigenvalue weighted by molar-refractivity contribution is 5.81. The van der Waals surface area contributed by atoms with Gasteiger partial charge in [-0.3, -0.25) is 0 Å². The Balaban J connectivity index is 1.98. The summed E-state index contributed by atoms with van der Waals surface area (Å²) in [6.45, 7) is 0. The maximum atomic E-state index is 13.5. The number of fused-ring (bicyclic) bond motifs is 1. The topological polar surface area (TPSA) is 38.1 Å². The third-order valence-corrected chi connectivity index (χ3v) is 3.69. The lowest BCUT2D eigenvalue weighted by atomic mass is 10.2. The number of phenols is 1. The minimum atomic E-state index is -0.239. The van der Waals surface area contributed by atoms with Crippen LogP contribution in [0, 0.1) is 5.82 Å². The zero-order valence-electron chi connectivity index (χ0n) is 10.8. The maximum absolute atomic E-state index is 13.5. The van der Waals surface area contributed by atoms with E-state index in [0.717, 1.165) is 35.3 Å². The number of hydrogen-bond acceptors (Lipinski definition) is 2. The highest BCUT2D eigenvalue weighted by Gasteiger charge is 2.28. The maximum Gasteiger partial charge on any atom is 0.141 e. The predicted octanol–water partition coefficient (Wildman–Crippen LogP) is 3.88. The molecule has 0 atom stereocenters. The van der Waals surface area contributed by atoms with Crippen molar-refractivity contribution in [3.8, 4) is 17.1 Å². The number of rotatable bonds is 2. The van der Waals surface area contributed by atoms with Gasteiger partial charge >= 0.3 is 0 Å². The summed E-state index contributed by atoms with van der Waals surface area (Å²) in [5.74, 6) is 0.832. The molecule has 0 saturated heterocycles. The molecular formula is C16H13FN2O. The summed E-state index contributed by atoms with van der Waals surface area (Å²) in [5.41, 5.74) is 2.59. The number of benzene rings is 2. The van der Waals surface area contributed by atoms with E-state index in [-0.39, 0.29) is 11.6 Å². The number of aromatic nitrogens is 2. The van der Waals surface area contributed by atoms with Gasteiger partial charge < -0.3 is 9.67 Å². The van der Waals surface area contributed by atoms with Gasteiger partial charge in [0, 0.05) is 11.6 Å². The number of aromatic hydroxyl groups is 1. The van der Waals surface area contributed by atoms with Crippen molar-refractivity contribution in [1.82, 2.24) is 9.55 Å². The SMILES string of the molecule is Oc1ccc(-c2nc3ccc(F)cc3n2C2CC2)cc1. The average molecular weight is 268 g/mol. The normalized spacial score (nSPS) is 14.8. The second-order valence-electron chi connectivity index (χ2n) is 5.22. The largest absolute Gasteiger partial charge is 0.508 e. The summed E-state index contributed by atoms with van der Waals surface area (Å²) in [7, 11) is 0. The molecule has 20 heavy (non-hydrogen) atoms. The lowest BCUT2D eigenvalue weighted by Crippen LogP contribution is -1.97. The van der Waals surface area contributed by atoms with Gasteiger partial charge in [0.1, 0.15) is 17.4 Å². The van der Waals surface area contributed by atoms with E-state index >= 15 is 0 Å². The molecule has 1 heterocycles. The molecule has 4 rings (SSSR count). The van der Waals surface area contributed by atoms with Gasteiger partial charge in [-0.05, 0) is 55.3 Å². The van der Waals surface area contributed by atoms with Gasteiger partial charge in [0.2, 0.25) is 0 Å². The molecule has 3 aromatic rings. The number of hydrogen-bond donors (Lipinski definition) is 1. The van der Waals surface area contributed by atoms with Gasteiger partial charge in [0.25, 0.3) is 0 Å². The molecule has 1 fully saturated rings. The van der Waals surface area contributed by atoms with Crippen LogP contribution in [0.5, 0.6) is 5.75 Å². The Bertz CT molecular complexity index is 788. The van der Waals surface area contributed by atoms with Crippen molar-refractivity contribution in [2.75, 3.05) is 0 Å². The fourth-order valence-electron chi connectivity index (χ4n) is 2.58. The Labute approximate surface area is 115 Å². The van der Waals surface area contributed by atoms with Crippen molar-refractivity contribution >= 4 is 11.0 Å². The molecule has 0 bridgehead atoms.